The number of likely N-dealkylation sites (tertiary alicyclic amines) is 1. The molecule has 1 aromatic carbocycles. The molecule has 0 spiro atoms. The van der Waals surface area contributed by atoms with E-state index in [1.54, 1.807) is 6.07 Å². The summed E-state index contributed by atoms with van der Waals surface area (Å²) in [6.45, 7) is 5.16. The third-order valence-corrected chi connectivity index (χ3v) is 3.63. The van der Waals surface area contributed by atoms with Gasteiger partial charge in [-0.25, -0.2) is 9.18 Å². The lowest BCUT2D eigenvalue weighted by molar-refractivity contribution is -0.00225. The van der Waals surface area contributed by atoms with Gasteiger partial charge >= 0.3 is 5.97 Å². The lowest BCUT2D eigenvalue weighted by Gasteiger charge is -2.32. The summed E-state index contributed by atoms with van der Waals surface area (Å²) < 4.78 is 19.3. The standard InChI is InChI=1S/C16H22FNO3/c1-2-6-21-15-4-3-5-18(11-15)10-12-7-13(16(19)20)9-14(17)8-12/h7-9,15H,2-6,10-11H2,1H3,(H,19,20). The molecule has 4 nitrogen and oxygen atoms in total. The second-order valence-corrected chi connectivity index (χ2v) is 5.52. The van der Waals surface area contributed by atoms with Gasteiger partial charge in [0.2, 0.25) is 0 Å². The number of hydrogen-bond donors (Lipinski definition) is 1. The molecule has 0 amide bonds. The lowest BCUT2D eigenvalue weighted by atomic mass is 10.1. The van der Waals surface area contributed by atoms with Crippen molar-refractivity contribution < 1.29 is 19.0 Å². The van der Waals surface area contributed by atoms with Crippen LogP contribution in [0.1, 0.15) is 42.1 Å². The summed E-state index contributed by atoms with van der Waals surface area (Å²) >= 11 is 0. The zero-order valence-electron chi connectivity index (χ0n) is 12.3. The Balaban J connectivity index is 1.99. The van der Waals surface area contributed by atoms with Crippen molar-refractivity contribution in [3.8, 4) is 0 Å². The minimum Gasteiger partial charge on any atom is -0.478 e. The molecule has 0 aliphatic carbocycles. The van der Waals surface area contributed by atoms with E-state index in [-0.39, 0.29) is 11.7 Å². The highest BCUT2D eigenvalue weighted by Crippen LogP contribution is 2.18. The van der Waals surface area contributed by atoms with Crippen molar-refractivity contribution in [3.05, 3.63) is 35.1 Å². The number of aromatic carboxylic acids is 1. The van der Waals surface area contributed by atoms with Crippen molar-refractivity contribution in [3.63, 3.8) is 0 Å². The van der Waals surface area contributed by atoms with Gasteiger partial charge in [0.1, 0.15) is 5.82 Å². The normalized spacial score (nSPS) is 19.6. The molecular formula is C16H22FNO3. The first-order valence-electron chi connectivity index (χ1n) is 7.45. The van der Waals surface area contributed by atoms with Crippen LogP contribution in [0.5, 0.6) is 0 Å². The zero-order valence-corrected chi connectivity index (χ0v) is 12.3. The number of rotatable bonds is 6. The Morgan fingerprint density at radius 3 is 3.00 bits per heavy atom. The van der Waals surface area contributed by atoms with Crippen LogP contribution in [0.2, 0.25) is 0 Å². The molecule has 1 saturated heterocycles. The van der Waals surface area contributed by atoms with E-state index in [2.05, 4.69) is 11.8 Å². The summed E-state index contributed by atoms with van der Waals surface area (Å²) in [5.74, 6) is -1.60. The molecule has 1 unspecified atom stereocenters. The second-order valence-electron chi connectivity index (χ2n) is 5.52. The van der Waals surface area contributed by atoms with E-state index in [0.29, 0.717) is 12.1 Å². The van der Waals surface area contributed by atoms with Gasteiger partial charge < -0.3 is 9.84 Å². The molecule has 1 heterocycles. The van der Waals surface area contributed by atoms with Gasteiger partial charge in [-0.05, 0) is 49.6 Å². The van der Waals surface area contributed by atoms with Crippen LogP contribution in [0.15, 0.2) is 18.2 Å². The lowest BCUT2D eigenvalue weighted by Crippen LogP contribution is -2.39. The van der Waals surface area contributed by atoms with Crippen molar-refractivity contribution in [1.29, 1.82) is 0 Å². The highest BCUT2D eigenvalue weighted by molar-refractivity contribution is 5.87. The van der Waals surface area contributed by atoms with E-state index in [4.69, 9.17) is 9.84 Å². The Morgan fingerprint density at radius 2 is 2.29 bits per heavy atom. The fraction of sp³-hybridized carbons (Fsp3) is 0.562. The predicted molar refractivity (Wildman–Crippen MR) is 77.9 cm³/mol. The van der Waals surface area contributed by atoms with Gasteiger partial charge in [-0.1, -0.05) is 6.92 Å². The van der Waals surface area contributed by atoms with Crippen LogP contribution in [-0.4, -0.2) is 41.8 Å². The van der Waals surface area contributed by atoms with Gasteiger partial charge in [-0.3, -0.25) is 4.90 Å². The average molecular weight is 295 g/mol. The van der Waals surface area contributed by atoms with E-state index >= 15 is 0 Å². The van der Waals surface area contributed by atoms with E-state index in [0.717, 1.165) is 45.0 Å². The number of benzene rings is 1. The van der Waals surface area contributed by atoms with Crippen LogP contribution in [0.4, 0.5) is 4.39 Å². The summed E-state index contributed by atoms with van der Waals surface area (Å²) in [7, 11) is 0. The number of carboxylic acids is 1. The van der Waals surface area contributed by atoms with Crippen LogP contribution >= 0.6 is 0 Å². The Morgan fingerprint density at radius 1 is 1.48 bits per heavy atom. The van der Waals surface area contributed by atoms with Gasteiger partial charge in [0.05, 0.1) is 11.7 Å². The van der Waals surface area contributed by atoms with E-state index in [9.17, 15) is 9.18 Å². The topological polar surface area (TPSA) is 49.8 Å². The molecule has 2 rings (SSSR count). The minimum absolute atomic E-state index is 0.000734. The molecule has 1 aliphatic heterocycles. The monoisotopic (exact) mass is 295 g/mol. The largest absolute Gasteiger partial charge is 0.478 e. The predicted octanol–water partition coefficient (Wildman–Crippen LogP) is 2.91. The zero-order chi connectivity index (χ0) is 15.2. The maximum Gasteiger partial charge on any atom is 0.335 e. The maximum absolute atomic E-state index is 13.5. The summed E-state index contributed by atoms with van der Waals surface area (Å²) in [6, 6.07) is 4.00. The molecule has 1 N–H and O–H groups in total. The van der Waals surface area contributed by atoms with Gasteiger partial charge in [0.15, 0.2) is 0 Å². The number of ether oxygens (including phenoxy) is 1. The second kappa shape index (κ2) is 7.52. The molecule has 1 aromatic rings. The van der Waals surface area contributed by atoms with E-state index in [1.165, 1.54) is 6.07 Å². The first kappa shape index (κ1) is 15.9. The molecule has 0 radical (unpaired) electrons. The number of halogens is 1. The molecule has 0 bridgehead atoms. The van der Waals surface area contributed by atoms with Gasteiger partial charge in [-0.15, -0.1) is 0 Å². The summed E-state index contributed by atoms with van der Waals surface area (Å²) in [4.78, 5) is 13.2. The highest BCUT2D eigenvalue weighted by Gasteiger charge is 2.20. The van der Waals surface area contributed by atoms with E-state index < -0.39 is 11.8 Å². The van der Waals surface area contributed by atoms with Gasteiger partial charge in [-0.2, -0.15) is 0 Å². The first-order valence-corrected chi connectivity index (χ1v) is 7.45. The van der Waals surface area contributed by atoms with Crippen LogP contribution in [0, 0.1) is 5.82 Å². The van der Waals surface area contributed by atoms with Crippen molar-refractivity contribution in [2.24, 2.45) is 0 Å². The number of piperidine rings is 1. The SMILES string of the molecule is CCCOC1CCCN(Cc2cc(F)cc(C(=O)O)c2)C1. The number of hydrogen-bond acceptors (Lipinski definition) is 3. The number of carboxylic acid groups (broad SMARTS) is 1. The van der Waals surface area contributed by atoms with Crippen molar-refractivity contribution in [2.45, 2.75) is 38.8 Å². The molecule has 5 heteroatoms. The van der Waals surface area contributed by atoms with Crippen molar-refractivity contribution in [2.75, 3.05) is 19.7 Å². The van der Waals surface area contributed by atoms with Crippen molar-refractivity contribution >= 4 is 5.97 Å². The number of carbonyl (C=O) groups is 1. The Kier molecular flexibility index (Phi) is 5.70. The Labute approximate surface area is 124 Å². The Bertz CT molecular complexity index is 492. The van der Waals surface area contributed by atoms with Crippen LogP contribution in [0.3, 0.4) is 0 Å². The van der Waals surface area contributed by atoms with Crippen LogP contribution in [-0.2, 0) is 11.3 Å². The average Bonchev–Trinajstić information content (AvgIpc) is 2.45. The quantitative estimate of drug-likeness (QED) is 0.876. The molecule has 1 aliphatic rings. The molecule has 0 aromatic heterocycles. The summed E-state index contributed by atoms with van der Waals surface area (Å²) in [6.07, 6.45) is 3.34. The molecule has 1 atom stereocenters. The highest BCUT2D eigenvalue weighted by atomic mass is 19.1. The molecule has 1 fully saturated rings. The van der Waals surface area contributed by atoms with Crippen LogP contribution in [0.25, 0.3) is 0 Å². The van der Waals surface area contributed by atoms with E-state index in [1.807, 2.05) is 0 Å². The molecular weight excluding hydrogens is 273 g/mol. The number of nitrogens with zero attached hydrogens (tertiary/aromatic N) is 1. The third-order valence-electron chi connectivity index (χ3n) is 3.63. The van der Waals surface area contributed by atoms with Crippen LogP contribution < -0.4 is 0 Å². The fourth-order valence-corrected chi connectivity index (χ4v) is 2.70. The summed E-state index contributed by atoms with van der Waals surface area (Å²) in [5.41, 5.74) is 0.698. The van der Waals surface area contributed by atoms with Gasteiger partial charge in [0, 0.05) is 19.7 Å². The first-order chi connectivity index (χ1) is 10.1. The fourth-order valence-electron chi connectivity index (χ4n) is 2.70. The molecule has 0 saturated carbocycles. The smallest absolute Gasteiger partial charge is 0.335 e. The van der Waals surface area contributed by atoms with Gasteiger partial charge in [0.25, 0.3) is 0 Å². The Hall–Kier alpha value is -1.46. The van der Waals surface area contributed by atoms with Crippen molar-refractivity contribution in [1.82, 2.24) is 4.90 Å². The minimum atomic E-state index is -1.10. The molecule has 116 valence electrons. The third kappa shape index (κ3) is 4.79. The maximum atomic E-state index is 13.5. The molecule has 21 heavy (non-hydrogen) atoms. The summed E-state index contributed by atoms with van der Waals surface area (Å²) in [5, 5.41) is 8.98.